The Kier molecular flexibility index (Phi) is 8.62. The third-order valence-corrected chi connectivity index (χ3v) is 8.32. The number of imidazole rings is 1. The van der Waals surface area contributed by atoms with Crippen LogP contribution in [0.5, 0.6) is 5.75 Å². The van der Waals surface area contributed by atoms with Crippen molar-refractivity contribution in [2.45, 2.75) is 53.3 Å². The highest BCUT2D eigenvalue weighted by molar-refractivity contribution is 7.52. The van der Waals surface area contributed by atoms with E-state index in [1.165, 1.54) is 12.6 Å². The summed E-state index contributed by atoms with van der Waals surface area (Å²) in [5.74, 6) is 0.840. The Morgan fingerprint density at radius 3 is 2.72 bits per heavy atom. The smallest absolute Gasteiger partial charge is 0.471 e. The molecule has 12 nitrogen and oxygen atoms in total. The molecule has 3 heterocycles. The first kappa shape index (κ1) is 30.3. The number of hydrogen-bond acceptors (Lipinski definition) is 10. The van der Waals surface area contributed by atoms with Crippen molar-refractivity contribution < 1.29 is 27.9 Å². The number of nitrogens with zero attached hydrogens (tertiary/aromatic N) is 4. The SMILES string of the molecule is CNc1ncnc2c1ncn2[C@@H]1O/C(=C/O[P@@](=O)(N[C@@H](C)C(=O)OCC(C)(C)C)Oc2cccc3ccccc23)C[C@@H]1C. The number of carbonyl (C=O) groups excluding carboxylic acids is 1. The average molecular weight is 609 g/mol. The van der Waals surface area contributed by atoms with E-state index in [0.717, 1.165) is 10.8 Å². The average Bonchev–Trinajstić information content (AvgIpc) is 3.57. The van der Waals surface area contributed by atoms with E-state index < -0.39 is 26.0 Å². The quantitative estimate of drug-likeness (QED) is 0.121. The van der Waals surface area contributed by atoms with Crippen molar-refractivity contribution in [1.29, 1.82) is 0 Å². The fourth-order valence-electron chi connectivity index (χ4n) is 4.68. The molecule has 0 amide bonds. The van der Waals surface area contributed by atoms with Crippen LogP contribution in [0.2, 0.25) is 0 Å². The molecule has 2 aromatic carbocycles. The van der Waals surface area contributed by atoms with Gasteiger partial charge in [-0.25, -0.2) is 19.5 Å². The molecule has 4 aromatic rings. The van der Waals surface area contributed by atoms with Crippen LogP contribution in [0.3, 0.4) is 0 Å². The zero-order valence-corrected chi connectivity index (χ0v) is 26.0. The highest BCUT2D eigenvalue weighted by Gasteiger charge is 2.36. The molecular formula is C30H37N6O6P. The highest BCUT2D eigenvalue weighted by Crippen LogP contribution is 2.48. The summed E-state index contributed by atoms with van der Waals surface area (Å²) in [4.78, 5) is 25.8. The van der Waals surface area contributed by atoms with Gasteiger partial charge in [-0.05, 0) is 23.8 Å². The molecule has 1 fully saturated rings. The Labute approximate surface area is 250 Å². The lowest BCUT2D eigenvalue weighted by atomic mass is 9.99. The van der Waals surface area contributed by atoms with Crippen molar-refractivity contribution in [2.75, 3.05) is 19.0 Å². The summed E-state index contributed by atoms with van der Waals surface area (Å²) in [6.45, 7) is 9.64. The van der Waals surface area contributed by atoms with Crippen molar-refractivity contribution in [2.24, 2.45) is 11.3 Å². The summed E-state index contributed by atoms with van der Waals surface area (Å²) in [5, 5.41) is 7.41. The molecule has 0 unspecified atom stereocenters. The van der Waals surface area contributed by atoms with Gasteiger partial charge in [0.2, 0.25) is 0 Å². The number of rotatable bonds is 10. The van der Waals surface area contributed by atoms with Crippen molar-refractivity contribution in [3.63, 3.8) is 0 Å². The Morgan fingerprint density at radius 2 is 1.95 bits per heavy atom. The van der Waals surface area contributed by atoms with Gasteiger partial charge in [0.25, 0.3) is 0 Å². The molecule has 1 saturated heterocycles. The molecule has 0 bridgehead atoms. The minimum atomic E-state index is -4.18. The minimum absolute atomic E-state index is 0.0119. The minimum Gasteiger partial charge on any atom is -0.471 e. The summed E-state index contributed by atoms with van der Waals surface area (Å²) in [7, 11) is -2.41. The lowest BCUT2D eigenvalue weighted by molar-refractivity contribution is -0.148. The van der Waals surface area contributed by atoms with Gasteiger partial charge in [-0.15, -0.1) is 0 Å². The molecule has 0 aliphatic carbocycles. The van der Waals surface area contributed by atoms with Crippen LogP contribution in [-0.2, 0) is 23.4 Å². The maximum Gasteiger partial charge on any atom is 0.513 e. The predicted octanol–water partition coefficient (Wildman–Crippen LogP) is 6.19. The Morgan fingerprint density at radius 1 is 1.19 bits per heavy atom. The maximum absolute atomic E-state index is 14.2. The van der Waals surface area contributed by atoms with E-state index in [9.17, 15) is 9.36 Å². The molecule has 2 N–H and O–H groups in total. The van der Waals surface area contributed by atoms with Crippen LogP contribution in [0.25, 0.3) is 21.9 Å². The summed E-state index contributed by atoms with van der Waals surface area (Å²) in [6, 6.07) is 12.0. The number of aromatic nitrogens is 4. The first-order valence-electron chi connectivity index (χ1n) is 14.1. The van der Waals surface area contributed by atoms with Crippen LogP contribution >= 0.6 is 7.75 Å². The fourth-order valence-corrected chi connectivity index (χ4v) is 6.09. The topological polar surface area (TPSA) is 139 Å². The highest BCUT2D eigenvalue weighted by atomic mass is 31.2. The second-order valence-electron chi connectivity index (χ2n) is 11.8. The van der Waals surface area contributed by atoms with Gasteiger partial charge in [-0.2, -0.15) is 5.09 Å². The summed E-state index contributed by atoms with van der Waals surface area (Å²) < 4.78 is 39.6. The largest absolute Gasteiger partial charge is 0.513 e. The lowest BCUT2D eigenvalue weighted by Gasteiger charge is -2.24. The van der Waals surface area contributed by atoms with E-state index in [1.54, 1.807) is 32.4 Å². The fraction of sp³-hybridized carbons (Fsp3) is 0.400. The maximum atomic E-state index is 14.2. The van der Waals surface area contributed by atoms with Gasteiger partial charge >= 0.3 is 13.7 Å². The number of allylic oxidation sites excluding steroid dienone is 1. The first-order valence-corrected chi connectivity index (χ1v) is 15.6. The van der Waals surface area contributed by atoms with Crippen molar-refractivity contribution in [3.05, 3.63) is 67.1 Å². The van der Waals surface area contributed by atoms with Gasteiger partial charge < -0.3 is 23.8 Å². The second kappa shape index (κ2) is 12.2. The van der Waals surface area contributed by atoms with E-state index in [2.05, 4.69) is 25.4 Å². The van der Waals surface area contributed by atoms with Gasteiger partial charge in [-0.3, -0.25) is 9.36 Å². The van der Waals surface area contributed by atoms with Gasteiger partial charge in [0, 0.05) is 24.8 Å². The normalized spacial score (nSPS) is 20.0. The zero-order chi connectivity index (χ0) is 30.8. The number of anilines is 1. The number of ether oxygens (including phenoxy) is 2. The summed E-state index contributed by atoms with van der Waals surface area (Å²) in [5.41, 5.74) is 1.01. The molecule has 228 valence electrons. The monoisotopic (exact) mass is 608 g/mol. The third-order valence-electron chi connectivity index (χ3n) is 6.80. The summed E-state index contributed by atoms with van der Waals surface area (Å²) >= 11 is 0. The van der Waals surface area contributed by atoms with E-state index >= 15 is 0 Å². The molecular weight excluding hydrogens is 571 g/mol. The first-order chi connectivity index (χ1) is 20.5. The number of nitrogens with one attached hydrogen (secondary N) is 2. The lowest BCUT2D eigenvalue weighted by Crippen LogP contribution is -2.36. The van der Waals surface area contributed by atoms with Crippen molar-refractivity contribution in [3.8, 4) is 5.75 Å². The van der Waals surface area contributed by atoms with Crippen LogP contribution in [-0.4, -0.2) is 45.2 Å². The van der Waals surface area contributed by atoms with Crippen molar-refractivity contribution in [1.82, 2.24) is 24.6 Å². The van der Waals surface area contributed by atoms with Crippen LogP contribution in [0, 0.1) is 11.3 Å². The third kappa shape index (κ3) is 6.92. The Hall–Kier alpha value is -4.15. The van der Waals surface area contributed by atoms with E-state index in [-0.39, 0.29) is 17.9 Å². The van der Waals surface area contributed by atoms with E-state index in [1.807, 2.05) is 62.6 Å². The standard InChI is InChI=1S/C30H37N6O6P/c1-19-14-22(41-28(19)36-18-34-25-26(31-6)32-17-33-27(25)36)15-40-43(38,35-20(2)29(37)39-16-30(3,4)5)42-24-13-9-11-21-10-7-8-12-23(21)24/h7-13,15,17-20,28H,14,16H2,1-6H3,(H,35,38)(H,31,32,33)/b22-15+/t19-,20-,28+,43-/m0/s1. The Balaban J connectivity index is 1.39. The molecule has 0 spiro atoms. The predicted molar refractivity (Wildman–Crippen MR) is 163 cm³/mol. The molecule has 5 rings (SSSR count). The number of hydrogen-bond donors (Lipinski definition) is 2. The van der Waals surface area contributed by atoms with Crippen LogP contribution in [0.1, 0.15) is 47.3 Å². The molecule has 0 saturated carbocycles. The molecule has 0 radical (unpaired) electrons. The van der Waals surface area contributed by atoms with E-state index in [0.29, 0.717) is 34.9 Å². The zero-order valence-electron chi connectivity index (χ0n) is 25.1. The summed E-state index contributed by atoms with van der Waals surface area (Å²) in [6.07, 6.45) is 4.47. The van der Waals surface area contributed by atoms with Crippen LogP contribution in [0.4, 0.5) is 5.82 Å². The number of benzene rings is 2. The van der Waals surface area contributed by atoms with E-state index in [4.69, 9.17) is 18.5 Å². The van der Waals surface area contributed by atoms with Crippen LogP contribution in [0.15, 0.2) is 67.1 Å². The molecule has 1 aliphatic heterocycles. The number of esters is 1. The Bertz CT molecular complexity index is 1690. The molecule has 13 heteroatoms. The molecule has 1 aliphatic rings. The van der Waals surface area contributed by atoms with Crippen LogP contribution < -0.4 is 14.9 Å². The molecule has 43 heavy (non-hydrogen) atoms. The number of carbonyl (C=O) groups is 1. The van der Waals surface area contributed by atoms with Gasteiger partial charge in [0.15, 0.2) is 23.2 Å². The van der Waals surface area contributed by atoms with Gasteiger partial charge in [0.1, 0.15) is 36.5 Å². The molecule has 4 atom stereocenters. The van der Waals surface area contributed by atoms with Crippen molar-refractivity contribution >= 4 is 41.5 Å². The molecule has 2 aromatic heterocycles. The van der Waals surface area contributed by atoms with Gasteiger partial charge in [0.05, 0.1) is 6.61 Å². The van der Waals surface area contributed by atoms with Gasteiger partial charge in [-0.1, -0.05) is 64.1 Å². The second-order valence-corrected chi connectivity index (χ2v) is 13.4. The number of fused-ring (bicyclic) bond motifs is 2.